The monoisotopic (exact) mass is 412 g/mol. The Morgan fingerprint density at radius 1 is 1.03 bits per heavy atom. The minimum Gasteiger partial charge on any atom is -0.350 e. The van der Waals surface area contributed by atoms with Gasteiger partial charge in [0, 0.05) is 17.0 Å². The molecule has 2 aromatic carbocycles. The zero-order chi connectivity index (χ0) is 21.4. The average Bonchev–Trinajstić information content (AvgIpc) is 2.67. The summed E-state index contributed by atoms with van der Waals surface area (Å²) in [6.07, 6.45) is 0.565. The number of nitrogens with zero attached hydrogens (tertiary/aromatic N) is 1. The van der Waals surface area contributed by atoms with Crippen LogP contribution >= 0.6 is 11.8 Å². The molecule has 2 amide bonds. The number of nitrogens with one attached hydrogen (secondary N) is 1. The van der Waals surface area contributed by atoms with Gasteiger partial charge in [-0.2, -0.15) is 0 Å². The van der Waals surface area contributed by atoms with Crippen LogP contribution in [0, 0.1) is 6.92 Å². The van der Waals surface area contributed by atoms with Gasteiger partial charge in [0.05, 0.1) is 5.75 Å². The van der Waals surface area contributed by atoms with E-state index in [-0.39, 0.29) is 17.4 Å². The first kappa shape index (κ1) is 23.0. The lowest BCUT2D eigenvalue weighted by molar-refractivity contribution is -0.140. The van der Waals surface area contributed by atoms with Crippen LogP contribution in [0.25, 0.3) is 0 Å². The predicted octanol–water partition coefficient (Wildman–Crippen LogP) is 4.81. The van der Waals surface area contributed by atoms with Crippen LogP contribution in [0.15, 0.2) is 59.5 Å². The first-order chi connectivity index (χ1) is 13.7. The highest BCUT2D eigenvalue weighted by molar-refractivity contribution is 8.00. The summed E-state index contributed by atoms with van der Waals surface area (Å²) >= 11 is 1.50. The van der Waals surface area contributed by atoms with Gasteiger partial charge >= 0.3 is 0 Å². The number of thioether (sulfide) groups is 1. The van der Waals surface area contributed by atoms with E-state index in [1.165, 1.54) is 11.8 Å². The van der Waals surface area contributed by atoms with E-state index in [0.29, 0.717) is 18.7 Å². The molecule has 5 heteroatoms. The van der Waals surface area contributed by atoms with Crippen molar-refractivity contribution in [2.75, 3.05) is 5.75 Å². The Hall–Kier alpha value is -2.27. The second-order valence-corrected chi connectivity index (χ2v) is 9.26. The second kappa shape index (κ2) is 10.5. The van der Waals surface area contributed by atoms with E-state index in [2.05, 4.69) is 5.32 Å². The molecule has 156 valence electrons. The molecule has 1 N–H and O–H groups in total. The van der Waals surface area contributed by atoms with Gasteiger partial charge in [-0.25, -0.2) is 0 Å². The molecule has 0 saturated heterocycles. The van der Waals surface area contributed by atoms with E-state index in [4.69, 9.17) is 0 Å². The van der Waals surface area contributed by atoms with Gasteiger partial charge in [-0.05, 0) is 57.4 Å². The summed E-state index contributed by atoms with van der Waals surface area (Å²) in [5, 5.41) is 3.04. The predicted molar refractivity (Wildman–Crippen MR) is 121 cm³/mol. The Morgan fingerprint density at radius 2 is 1.66 bits per heavy atom. The third-order valence-electron chi connectivity index (χ3n) is 4.59. The van der Waals surface area contributed by atoms with Gasteiger partial charge in [0.15, 0.2) is 0 Å². The highest BCUT2D eigenvalue weighted by atomic mass is 32.2. The van der Waals surface area contributed by atoms with Crippen molar-refractivity contribution in [3.8, 4) is 0 Å². The highest BCUT2D eigenvalue weighted by Gasteiger charge is 2.30. The van der Waals surface area contributed by atoms with E-state index in [9.17, 15) is 9.59 Å². The highest BCUT2D eigenvalue weighted by Crippen LogP contribution is 2.21. The Balaban J connectivity index is 2.24. The number of hydrogen-bond donors (Lipinski definition) is 1. The van der Waals surface area contributed by atoms with Gasteiger partial charge in [-0.3, -0.25) is 9.59 Å². The SMILES string of the molecule is CCC(C(=O)NC(C)(C)C)N(Cc1ccccc1C)C(=O)CSc1ccccc1. The molecule has 0 bridgehead atoms. The van der Waals surface area contributed by atoms with Gasteiger partial charge in [-0.15, -0.1) is 11.8 Å². The molecular formula is C24H32N2O2S. The van der Waals surface area contributed by atoms with Crippen molar-refractivity contribution in [2.45, 2.75) is 64.1 Å². The fourth-order valence-electron chi connectivity index (χ4n) is 3.09. The normalized spacial score (nSPS) is 12.3. The Labute approximate surface area is 179 Å². The van der Waals surface area contributed by atoms with Crippen molar-refractivity contribution >= 4 is 23.6 Å². The molecule has 2 aromatic rings. The van der Waals surface area contributed by atoms with Crippen molar-refractivity contribution in [3.05, 3.63) is 65.7 Å². The summed E-state index contributed by atoms with van der Waals surface area (Å²) in [7, 11) is 0. The number of amides is 2. The number of hydrogen-bond acceptors (Lipinski definition) is 3. The summed E-state index contributed by atoms with van der Waals surface area (Å²) in [5.41, 5.74) is 1.83. The van der Waals surface area contributed by atoms with Crippen LogP contribution in [0.4, 0.5) is 0 Å². The van der Waals surface area contributed by atoms with Crippen LogP contribution in [-0.4, -0.2) is 34.0 Å². The first-order valence-corrected chi connectivity index (χ1v) is 11.0. The molecule has 0 radical (unpaired) electrons. The minimum atomic E-state index is -0.502. The van der Waals surface area contributed by atoms with Gasteiger partial charge in [-0.1, -0.05) is 49.4 Å². The molecule has 4 nitrogen and oxygen atoms in total. The van der Waals surface area contributed by atoms with Crippen molar-refractivity contribution in [1.82, 2.24) is 10.2 Å². The molecule has 0 aliphatic rings. The van der Waals surface area contributed by atoms with E-state index in [0.717, 1.165) is 16.0 Å². The van der Waals surface area contributed by atoms with Gasteiger partial charge < -0.3 is 10.2 Å². The van der Waals surface area contributed by atoms with Crippen LogP contribution in [0.2, 0.25) is 0 Å². The van der Waals surface area contributed by atoms with Crippen LogP contribution in [0.1, 0.15) is 45.2 Å². The number of aryl methyl sites for hydroxylation is 1. The van der Waals surface area contributed by atoms with E-state index in [1.807, 2.05) is 89.2 Å². The lowest BCUT2D eigenvalue weighted by atomic mass is 10.0. The maximum atomic E-state index is 13.2. The first-order valence-electron chi connectivity index (χ1n) is 10.0. The van der Waals surface area contributed by atoms with Gasteiger partial charge in [0.2, 0.25) is 11.8 Å². The largest absolute Gasteiger partial charge is 0.350 e. The van der Waals surface area contributed by atoms with Gasteiger partial charge in [0.1, 0.15) is 6.04 Å². The van der Waals surface area contributed by atoms with E-state index in [1.54, 1.807) is 4.90 Å². The Bertz CT molecular complexity index is 815. The zero-order valence-electron chi connectivity index (χ0n) is 18.1. The summed E-state index contributed by atoms with van der Waals surface area (Å²) in [6, 6.07) is 17.4. The number of carbonyl (C=O) groups excluding carboxylic acids is 2. The Kier molecular flexibility index (Phi) is 8.32. The molecule has 0 fully saturated rings. The van der Waals surface area contributed by atoms with Crippen molar-refractivity contribution in [1.29, 1.82) is 0 Å². The fraction of sp³-hybridized carbons (Fsp3) is 0.417. The minimum absolute atomic E-state index is 0.0296. The molecule has 0 aliphatic carbocycles. The Morgan fingerprint density at radius 3 is 2.24 bits per heavy atom. The molecule has 1 unspecified atom stereocenters. The summed E-state index contributed by atoms with van der Waals surface area (Å²) in [4.78, 5) is 29.0. The molecule has 1 atom stereocenters. The fourth-order valence-corrected chi connectivity index (χ4v) is 3.89. The average molecular weight is 413 g/mol. The molecule has 0 heterocycles. The summed E-state index contributed by atoms with van der Waals surface area (Å²) in [5.74, 6) is 0.166. The lowest BCUT2D eigenvalue weighted by Gasteiger charge is -2.33. The number of benzene rings is 2. The standard InChI is InChI=1S/C24H32N2O2S/c1-6-21(23(28)25-24(3,4)5)26(16-19-13-11-10-12-18(19)2)22(27)17-29-20-14-8-7-9-15-20/h7-15,21H,6,16-17H2,1-5H3,(H,25,28). The number of carbonyl (C=O) groups is 2. The molecule has 0 aliphatic heterocycles. The quantitative estimate of drug-likeness (QED) is 0.633. The van der Waals surface area contributed by atoms with E-state index >= 15 is 0 Å². The smallest absolute Gasteiger partial charge is 0.243 e. The van der Waals surface area contributed by atoms with Crippen molar-refractivity contribution < 1.29 is 9.59 Å². The topological polar surface area (TPSA) is 49.4 Å². The number of rotatable bonds is 8. The van der Waals surface area contributed by atoms with Crippen LogP contribution in [-0.2, 0) is 16.1 Å². The zero-order valence-corrected chi connectivity index (χ0v) is 18.9. The maximum Gasteiger partial charge on any atom is 0.243 e. The van der Waals surface area contributed by atoms with Crippen molar-refractivity contribution in [3.63, 3.8) is 0 Å². The second-order valence-electron chi connectivity index (χ2n) is 8.21. The van der Waals surface area contributed by atoms with Crippen LogP contribution in [0.5, 0.6) is 0 Å². The maximum absolute atomic E-state index is 13.2. The third kappa shape index (κ3) is 7.24. The third-order valence-corrected chi connectivity index (χ3v) is 5.59. The summed E-state index contributed by atoms with van der Waals surface area (Å²) < 4.78 is 0. The lowest BCUT2D eigenvalue weighted by Crippen LogP contribution is -2.53. The molecule has 0 spiro atoms. The van der Waals surface area contributed by atoms with E-state index < -0.39 is 6.04 Å². The van der Waals surface area contributed by atoms with Crippen molar-refractivity contribution in [2.24, 2.45) is 0 Å². The van der Waals surface area contributed by atoms with Crippen LogP contribution in [0.3, 0.4) is 0 Å². The van der Waals surface area contributed by atoms with Crippen LogP contribution < -0.4 is 5.32 Å². The summed E-state index contributed by atoms with van der Waals surface area (Å²) in [6.45, 7) is 10.3. The van der Waals surface area contributed by atoms with Gasteiger partial charge in [0.25, 0.3) is 0 Å². The molecule has 2 rings (SSSR count). The molecule has 0 aromatic heterocycles. The molecular weight excluding hydrogens is 380 g/mol. The molecule has 0 saturated carbocycles. The molecule has 29 heavy (non-hydrogen) atoms.